The quantitative estimate of drug-likeness (QED) is 0.450. The van der Waals surface area contributed by atoms with Crippen LogP contribution in [0.5, 0.6) is 0 Å². The smallest absolute Gasteiger partial charge is 0.183 e. The van der Waals surface area contributed by atoms with Crippen LogP contribution in [0.3, 0.4) is 0 Å². The van der Waals surface area contributed by atoms with Gasteiger partial charge in [0.2, 0.25) is 0 Å². The minimum absolute atomic E-state index is 0.123. The van der Waals surface area contributed by atoms with Crippen LogP contribution >= 0.6 is 0 Å². The van der Waals surface area contributed by atoms with Crippen molar-refractivity contribution in [3.8, 4) is 22.9 Å². The Morgan fingerprint density at radius 2 is 1.91 bits per heavy atom. The van der Waals surface area contributed by atoms with Crippen LogP contribution in [-0.2, 0) is 11.3 Å². The number of halogens is 2. The summed E-state index contributed by atoms with van der Waals surface area (Å²) in [7, 11) is 0. The molecule has 8 nitrogen and oxygen atoms in total. The van der Waals surface area contributed by atoms with Gasteiger partial charge in [-0.2, -0.15) is 5.10 Å². The lowest BCUT2D eigenvalue weighted by atomic mass is 10.0. The summed E-state index contributed by atoms with van der Waals surface area (Å²) in [6.07, 6.45) is 4.42. The van der Waals surface area contributed by atoms with Gasteiger partial charge in [-0.3, -0.25) is 4.68 Å². The predicted octanol–water partition coefficient (Wildman–Crippen LogP) is 4.16. The number of nitrogens with one attached hydrogen (secondary N) is 1. The first-order valence-corrected chi connectivity index (χ1v) is 10.7. The summed E-state index contributed by atoms with van der Waals surface area (Å²) in [6.45, 7) is 2.20. The molecule has 1 saturated heterocycles. The molecule has 1 fully saturated rings. The first kappa shape index (κ1) is 21.2. The van der Waals surface area contributed by atoms with Crippen molar-refractivity contribution in [2.45, 2.75) is 19.4 Å². The Labute approximate surface area is 188 Å². The molecule has 10 heteroatoms. The molecular weight excluding hydrogens is 430 g/mol. The average molecular weight is 452 g/mol. The van der Waals surface area contributed by atoms with Gasteiger partial charge in [-0.15, -0.1) is 0 Å². The lowest BCUT2D eigenvalue weighted by Gasteiger charge is -2.22. The second-order valence-corrected chi connectivity index (χ2v) is 7.88. The van der Waals surface area contributed by atoms with Crippen LogP contribution in [0.15, 0.2) is 53.4 Å². The molecular formula is C23H22F2N6O2. The van der Waals surface area contributed by atoms with Gasteiger partial charge in [0.25, 0.3) is 0 Å². The maximum Gasteiger partial charge on any atom is 0.183 e. The first-order chi connectivity index (χ1) is 16.2. The van der Waals surface area contributed by atoms with Crippen LogP contribution in [-0.4, -0.2) is 44.7 Å². The van der Waals surface area contributed by atoms with Crippen molar-refractivity contribution >= 4 is 5.82 Å². The maximum atomic E-state index is 14.4. The molecule has 1 N–H and O–H groups in total. The van der Waals surface area contributed by atoms with E-state index in [9.17, 15) is 8.78 Å². The zero-order chi connectivity index (χ0) is 22.6. The molecule has 1 aliphatic rings. The number of aromatic nitrogens is 5. The summed E-state index contributed by atoms with van der Waals surface area (Å²) in [5.41, 5.74) is 2.02. The fraction of sp³-hybridized carbons (Fsp3) is 0.304. The number of nitrogens with zero attached hydrogens (tertiary/aromatic N) is 5. The topological polar surface area (TPSA) is 90.9 Å². The van der Waals surface area contributed by atoms with E-state index in [2.05, 4.69) is 25.5 Å². The van der Waals surface area contributed by atoms with Gasteiger partial charge in [0.05, 0.1) is 18.4 Å². The highest BCUT2D eigenvalue weighted by atomic mass is 19.1. The second-order valence-electron chi connectivity index (χ2n) is 7.88. The summed E-state index contributed by atoms with van der Waals surface area (Å²) in [6, 6.07) is 9.90. The SMILES string of the molecule is Fc1ccccc1Cn1nc(-c2ncc(F)c(NCC3CCOCC3)n2)cc1-c1ccon1. The predicted molar refractivity (Wildman–Crippen MR) is 116 cm³/mol. The zero-order valence-electron chi connectivity index (χ0n) is 17.7. The van der Waals surface area contributed by atoms with E-state index >= 15 is 0 Å². The van der Waals surface area contributed by atoms with Crippen molar-refractivity contribution in [2.24, 2.45) is 5.92 Å². The third-order valence-electron chi connectivity index (χ3n) is 5.63. The summed E-state index contributed by atoms with van der Waals surface area (Å²) >= 11 is 0. The first-order valence-electron chi connectivity index (χ1n) is 10.7. The summed E-state index contributed by atoms with van der Waals surface area (Å²) in [4.78, 5) is 8.49. The van der Waals surface area contributed by atoms with E-state index in [4.69, 9.17) is 9.26 Å². The monoisotopic (exact) mass is 452 g/mol. The van der Waals surface area contributed by atoms with Gasteiger partial charge in [0.1, 0.15) is 23.5 Å². The standard InChI is InChI=1S/C23H22F2N6O2/c24-17-4-2-1-3-16(17)14-31-21(19-7-10-33-30-19)11-20(29-31)23-27-13-18(25)22(28-23)26-12-15-5-8-32-9-6-15/h1-4,7,10-11,13,15H,5-6,8-9,12,14H2,(H,26,27,28). The number of ether oxygens (including phenoxy) is 1. The largest absolute Gasteiger partial charge is 0.381 e. The molecule has 4 heterocycles. The number of hydrogen-bond donors (Lipinski definition) is 1. The Bertz CT molecular complexity index is 1220. The Morgan fingerprint density at radius 3 is 2.70 bits per heavy atom. The van der Waals surface area contributed by atoms with Crippen molar-refractivity contribution in [1.29, 1.82) is 0 Å². The van der Waals surface area contributed by atoms with Crippen LogP contribution < -0.4 is 5.32 Å². The molecule has 33 heavy (non-hydrogen) atoms. The maximum absolute atomic E-state index is 14.4. The van der Waals surface area contributed by atoms with E-state index in [1.807, 2.05) is 0 Å². The van der Waals surface area contributed by atoms with E-state index in [1.165, 1.54) is 12.3 Å². The molecule has 4 aromatic rings. The van der Waals surface area contributed by atoms with Gasteiger partial charge >= 0.3 is 0 Å². The van der Waals surface area contributed by atoms with E-state index in [0.717, 1.165) is 19.0 Å². The van der Waals surface area contributed by atoms with Crippen LogP contribution in [0.2, 0.25) is 0 Å². The van der Waals surface area contributed by atoms with Gasteiger partial charge in [0, 0.05) is 31.4 Å². The molecule has 0 aliphatic carbocycles. The van der Waals surface area contributed by atoms with Crippen LogP contribution in [0.1, 0.15) is 18.4 Å². The van der Waals surface area contributed by atoms with Crippen molar-refractivity contribution in [1.82, 2.24) is 24.9 Å². The summed E-state index contributed by atoms with van der Waals surface area (Å²) < 4.78 is 40.6. The summed E-state index contributed by atoms with van der Waals surface area (Å²) in [5, 5.41) is 11.6. The van der Waals surface area contributed by atoms with E-state index < -0.39 is 5.82 Å². The number of hydrogen-bond acceptors (Lipinski definition) is 7. The molecule has 0 amide bonds. The van der Waals surface area contributed by atoms with E-state index in [0.29, 0.717) is 48.3 Å². The number of benzene rings is 1. The Kier molecular flexibility index (Phi) is 6.07. The molecule has 1 aromatic carbocycles. The molecule has 0 unspecified atom stereocenters. The molecule has 0 atom stereocenters. The third-order valence-corrected chi connectivity index (χ3v) is 5.63. The number of rotatable bonds is 7. The fourth-order valence-electron chi connectivity index (χ4n) is 3.79. The van der Waals surface area contributed by atoms with Crippen molar-refractivity contribution in [2.75, 3.05) is 25.1 Å². The van der Waals surface area contributed by atoms with Crippen LogP contribution in [0, 0.1) is 17.6 Å². The molecule has 3 aromatic heterocycles. The van der Waals surface area contributed by atoms with Gasteiger partial charge in [0.15, 0.2) is 17.5 Å². The lowest BCUT2D eigenvalue weighted by Crippen LogP contribution is -2.23. The molecule has 0 bridgehead atoms. The van der Waals surface area contributed by atoms with Gasteiger partial charge < -0.3 is 14.6 Å². The fourth-order valence-corrected chi connectivity index (χ4v) is 3.79. The summed E-state index contributed by atoms with van der Waals surface area (Å²) in [5.74, 6) is -0.0945. The van der Waals surface area contributed by atoms with Gasteiger partial charge in [-0.25, -0.2) is 18.7 Å². The van der Waals surface area contributed by atoms with E-state index in [-0.39, 0.29) is 24.0 Å². The van der Waals surface area contributed by atoms with Crippen LogP contribution in [0.4, 0.5) is 14.6 Å². The van der Waals surface area contributed by atoms with Gasteiger partial charge in [-0.1, -0.05) is 23.4 Å². The molecule has 1 aliphatic heterocycles. The average Bonchev–Trinajstić information content (AvgIpc) is 3.51. The lowest BCUT2D eigenvalue weighted by molar-refractivity contribution is 0.0699. The second kappa shape index (κ2) is 9.45. The number of anilines is 1. The highest BCUT2D eigenvalue weighted by Crippen LogP contribution is 2.26. The van der Waals surface area contributed by atoms with Crippen molar-refractivity contribution in [3.63, 3.8) is 0 Å². The molecule has 0 spiro atoms. The highest BCUT2D eigenvalue weighted by Gasteiger charge is 2.19. The minimum atomic E-state index is -0.534. The molecule has 5 rings (SSSR count). The normalized spacial score (nSPS) is 14.5. The van der Waals surface area contributed by atoms with E-state index in [1.54, 1.807) is 35.0 Å². The van der Waals surface area contributed by atoms with Crippen molar-refractivity contribution < 1.29 is 18.0 Å². The highest BCUT2D eigenvalue weighted by molar-refractivity contribution is 5.63. The van der Waals surface area contributed by atoms with Crippen molar-refractivity contribution in [3.05, 3.63) is 66.1 Å². The minimum Gasteiger partial charge on any atom is -0.381 e. The molecule has 0 saturated carbocycles. The molecule has 170 valence electrons. The van der Waals surface area contributed by atoms with Crippen LogP contribution in [0.25, 0.3) is 22.9 Å². The Balaban J connectivity index is 1.44. The third kappa shape index (κ3) is 4.75. The Hall–Kier alpha value is -3.66. The Morgan fingerprint density at radius 1 is 1.06 bits per heavy atom. The zero-order valence-corrected chi connectivity index (χ0v) is 17.7. The molecule has 0 radical (unpaired) electrons. The van der Waals surface area contributed by atoms with Gasteiger partial charge in [-0.05, 0) is 30.9 Å².